The third-order valence-electron chi connectivity index (χ3n) is 4.58. The molecule has 24 heavy (non-hydrogen) atoms. The first-order valence-corrected chi connectivity index (χ1v) is 8.43. The van der Waals surface area contributed by atoms with Gasteiger partial charge in [-0.3, -0.25) is 9.36 Å². The molecule has 0 aliphatic carbocycles. The molecule has 1 aliphatic rings. The van der Waals surface area contributed by atoms with Crippen LogP contribution in [0.1, 0.15) is 30.0 Å². The van der Waals surface area contributed by atoms with Crippen LogP contribution in [0.15, 0.2) is 24.5 Å². The third-order valence-corrected chi connectivity index (χ3v) is 4.58. The Morgan fingerprint density at radius 2 is 2.12 bits per heavy atom. The summed E-state index contributed by atoms with van der Waals surface area (Å²) < 4.78 is 6.33. The molecule has 7 heteroatoms. The molecule has 126 valence electrons. The zero-order valence-electron chi connectivity index (χ0n) is 14.4. The Kier molecular flexibility index (Phi) is 3.72. The van der Waals surface area contributed by atoms with Crippen LogP contribution in [-0.2, 0) is 19.6 Å². The number of nitrogens with zero attached hydrogens (tertiary/aromatic N) is 6. The van der Waals surface area contributed by atoms with Crippen LogP contribution in [0.4, 0.5) is 0 Å². The molecule has 0 radical (unpaired) electrons. The molecule has 4 heterocycles. The first-order chi connectivity index (χ1) is 11.6. The standard InChI is InChI=1S/C17H23N7/c1-12-8-13(2)24(20-12)11-14(3)22-6-5-19-17(22)16-9-15-10-18-4-7-23(15)21-16/h5-6,8-9,14,18H,4,7,10-11H2,1-3H3/t14-/m0/s1. The summed E-state index contributed by atoms with van der Waals surface area (Å²) >= 11 is 0. The highest BCUT2D eigenvalue weighted by Crippen LogP contribution is 2.23. The van der Waals surface area contributed by atoms with Crippen molar-refractivity contribution in [1.82, 2.24) is 34.4 Å². The van der Waals surface area contributed by atoms with Gasteiger partial charge in [-0.2, -0.15) is 10.2 Å². The zero-order chi connectivity index (χ0) is 16.7. The van der Waals surface area contributed by atoms with Gasteiger partial charge in [0.05, 0.1) is 30.5 Å². The Hall–Kier alpha value is -2.41. The number of aromatic nitrogens is 6. The maximum atomic E-state index is 4.74. The monoisotopic (exact) mass is 325 g/mol. The van der Waals surface area contributed by atoms with Gasteiger partial charge in [-0.25, -0.2) is 4.98 Å². The molecule has 0 amide bonds. The first kappa shape index (κ1) is 15.1. The molecular formula is C17H23N7. The Morgan fingerprint density at radius 3 is 2.88 bits per heavy atom. The maximum absolute atomic E-state index is 4.74. The minimum absolute atomic E-state index is 0.248. The molecule has 1 atom stereocenters. The second kappa shape index (κ2) is 5.90. The molecule has 0 spiro atoms. The number of imidazole rings is 1. The van der Waals surface area contributed by atoms with Gasteiger partial charge in [0.2, 0.25) is 0 Å². The van der Waals surface area contributed by atoms with Gasteiger partial charge in [-0.1, -0.05) is 0 Å². The lowest BCUT2D eigenvalue weighted by Crippen LogP contribution is -2.28. The van der Waals surface area contributed by atoms with Crippen molar-refractivity contribution in [3.8, 4) is 11.5 Å². The molecule has 0 saturated heterocycles. The maximum Gasteiger partial charge on any atom is 0.160 e. The molecule has 1 aliphatic heterocycles. The highest BCUT2D eigenvalue weighted by Gasteiger charge is 2.18. The second-order valence-electron chi connectivity index (χ2n) is 6.54. The van der Waals surface area contributed by atoms with E-state index in [0.717, 1.165) is 43.4 Å². The number of rotatable bonds is 4. The quantitative estimate of drug-likeness (QED) is 0.796. The average Bonchev–Trinajstić information content (AvgIpc) is 3.25. The third kappa shape index (κ3) is 2.65. The van der Waals surface area contributed by atoms with Crippen LogP contribution in [0.5, 0.6) is 0 Å². The van der Waals surface area contributed by atoms with E-state index in [2.05, 4.69) is 55.3 Å². The summed E-state index contributed by atoms with van der Waals surface area (Å²) in [6.45, 7) is 9.89. The topological polar surface area (TPSA) is 65.5 Å². The minimum Gasteiger partial charge on any atom is -0.325 e. The zero-order valence-corrected chi connectivity index (χ0v) is 14.4. The molecule has 0 fully saturated rings. The van der Waals surface area contributed by atoms with E-state index in [1.807, 2.05) is 19.3 Å². The Bertz CT molecular complexity index is 831. The lowest BCUT2D eigenvalue weighted by Gasteiger charge is -2.16. The highest BCUT2D eigenvalue weighted by molar-refractivity contribution is 5.50. The molecule has 3 aromatic rings. The summed E-state index contributed by atoms with van der Waals surface area (Å²) in [4.78, 5) is 4.56. The van der Waals surface area contributed by atoms with Crippen LogP contribution >= 0.6 is 0 Å². The predicted molar refractivity (Wildman–Crippen MR) is 91.6 cm³/mol. The van der Waals surface area contributed by atoms with E-state index < -0.39 is 0 Å². The van der Waals surface area contributed by atoms with Crippen LogP contribution in [0.3, 0.4) is 0 Å². The van der Waals surface area contributed by atoms with E-state index in [4.69, 9.17) is 5.10 Å². The fraction of sp³-hybridized carbons (Fsp3) is 0.471. The smallest absolute Gasteiger partial charge is 0.160 e. The van der Waals surface area contributed by atoms with Gasteiger partial charge in [-0.15, -0.1) is 0 Å². The largest absolute Gasteiger partial charge is 0.325 e. The Morgan fingerprint density at radius 1 is 1.25 bits per heavy atom. The summed E-state index contributed by atoms with van der Waals surface area (Å²) in [7, 11) is 0. The van der Waals surface area contributed by atoms with Crippen molar-refractivity contribution in [2.75, 3.05) is 6.54 Å². The Labute approximate surface area is 141 Å². The summed E-state index contributed by atoms with van der Waals surface area (Å²) in [6, 6.07) is 4.50. The summed E-state index contributed by atoms with van der Waals surface area (Å²) in [5.74, 6) is 0.922. The molecule has 1 N–H and O–H groups in total. The molecule has 0 aromatic carbocycles. The van der Waals surface area contributed by atoms with Crippen molar-refractivity contribution in [3.63, 3.8) is 0 Å². The fourth-order valence-corrected chi connectivity index (χ4v) is 3.37. The van der Waals surface area contributed by atoms with Crippen molar-refractivity contribution in [1.29, 1.82) is 0 Å². The molecule has 0 unspecified atom stereocenters. The Balaban J connectivity index is 1.62. The van der Waals surface area contributed by atoms with Crippen LogP contribution in [0.25, 0.3) is 11.5 Å². The van der Waals surface area contributed by atoms with Gasteiger partial charge in [0.1, 0.15) is 5.69 Å². The van der Waals surface area contributed by atoms with Crippen LogP contribution in [0.2, 0.25) is 0 Å². The highest BCUT2D eigenvalue weighted by atomic mass is 15.3. The van der Waals surface area contributed by atoms with E-state index in [0.29, 0.717) is 0 Å². The minimum atomic E-state index is 0.248. The van der Waals surface area contributed by atoms with Gasteiger partial charge in [0.25, 0.3) is 0 Å². The van der Waals surface area contributed by atoms with Gasteiger partial charge in [0.15, 0.2) is 5.82 Å². The van der Waals surface area contributed by atoms with Crippen molar-refractivity contribution < 1.29 is 0 Å². The van der Waals surface area contributed by atoms with E-state index in [1.54, 1.807) is 0 Å². The summed E-state index contributed by atoms with van der Waals surface area (Å²) in [5.41, 5.74) is 4.40. The number of hydrogen-bond donors (Lipinski definition) is 1. The van der Waals surface area contributed by atoms with Crippen LogP contribution < -0.4 is 5.32 Å². The molecule has 7 nitrogen and oxygen atoms in total. The molecule has 0 bridgehead atoms. The summed E-state index contributed by atoms with van der Waals surface area (Å²) in [6.07, 6.45) is 3.88. The first-order valence-electron chi connectivity index (χ1n) is 8.43. The van der Waals surface area contributed by atoms with Crippen molar-refractivity contribution >= 4 is 0 Å². The van der Waals surface area contributed by atoms with Gasteiger partial charge in [-0.05, 0) is 32.9 Å². The van der Waals surface area contributed by atoms with Gasteiger partial charge in [0, 0.05) is 31.2 Å². The van der Waals surface area contributed by atoms with Crippen LogP contribution in [0, 0.1) is 13.8 Å². The fourth-order valence-electron chi connectivity index (χ4n) is 3.37. The van der Waals surface area contributed by atoms with Gasteiger partial charge >= 0.3 is 0 Å². The lowest BCUT2D eigenvalue weighted by atomic mass is 10.2. The molecule has 4 rings (SSSR count). The van der Waals surface area contributed by atoms with E-state index in [1.165, 1.54) is 11.4 Å². The average molecular weight is 325 g/mol. The van der Waals surface area contributed by atoms with Crippen LogP contribution in [-0.4, -0.2) is 35.7 Å². The number of nitrogens with one attached hydrogen (secondary N) is 1. The van der Waals surface area contributed by atoms with Gasteiger partial charge < -0.3 is 9.88 Å². The van der Waals surface area contributed by atoms with Crippen molar-refractivity contribution in [3.05, 3.63) is 41.6 Å². The normalized spacial score (nSPS) is 15.5. The molecule has 0 saturated carbocycles. The van der Waals surface area contributed by atoms with Crippen molar-refractivity contribution in [2.24, 2.45) is 0 Å². The number of aryl methyl sites for hydroxylation is 2. The molecule has 3 aromatic heterocycles. The van der Waals surface area contributed by atoms with E-state index >= 15 is 0 Å². The number of hydrogen-bond acceptors (Lipinski definition) is 4. The summed E-state index contributed by atoms with van der Waals surface area (Å²) in [5, 5.41) is 12.7. The van der Waals surface area contributed by atoms with E-state index in [-0.39, 0.29) is 6.04 Å². The second-order valence-corrected chi connectivity index (χ2v) is 6.54. The predicted octanol–water partition coefficient (Wildman–Crippen LogP) is 1.92. The molecular weight excluding hydrogens is 302 g/mol. The van der Waals surface area contributed by atoms with Crippen molar-refractivity contribution in [2.45, 2.75) is 46.4 Å². The number of fused-ring (bicyclic) bond motifs is 1. The lowest BCUT2D eigenvalue weighted by molar-refractivity contribution is 0.432. The SMILES string of the molecule is Cc1cc(C)n(C[C@H](C)n2ccnc2-c2cc3n(n2)CCNC3)n1. The van der Waals surface area contributed by atoms with E-state index in [9.17, 15) is 0 Å².